The summed E-state index contributed by atoms with van der Waals surface area (Å²) in [6.07, 6.45) is 15.4. The molecule has 2 amide bonds. The van der Waals surface area contributed by atoms with Gasteiger partial charge >= 0.3 is 0 Å². The molecule has 0 bridgehead atoms. The second-order valence-electron chi connectivity index (χ2n) is 11.5. The lowest BCUT2D eigenvalue weighted by molar-refractivity contribution is -0.138. The topological polar surface area (TPSA) is 79.9 Å². The van der Waals surface area contributed by atoms with Crippen LogP contribution in [0.3, 0.4) is 0 Å². The molecule has 2 fully saturated rings. The Morgan fingerprint density at radius 1 is 1.00 bits per heavy atom. The monoisotopic (exact) mass is 525 g/mol. The first-order valence-electron chi connectivity index (χ1n) is 15.0. The predicted octanol–water partition coefficient (Wildman–Crippen LogP) is 5.17. The molecule has 1 heterocycles. The smallest absolute Gasteiger partial charge is 0.225 e. The summed E-state index contributed by atoms with van der Waals surface area (Å²) in [7, 11) is 5.41. The minimum atomic E-state index is -0.0984. The van der Waals surface area contributed by atoms with Crippen LogP contribution in [0.4, 0.5) is 0 Å². The van der Waals surface area contributed by atoms with Crippen LogP contribution in [0.5, 0.6) is 0 Å². The fourth-order valence-electron chi connectivity index (χ4n) is 6.23. The first-order valence-corrected chi connectivity index (χ1v) is 15.0. The molecule has 1 aliphatic carbocycles. The third-order valence-electron chi connectivity index (χ3n) is 8.60. The van der Waals surface area contributed by atoms with Crippen molar-refractivity contribution in [3.8, 4) is 0 Å². The molecule has 0 radical (unpaired) electrons. The van der Waals surface area contributed by atoms with E-state index in [1.54, 1.807) is 14.2 Å². The quantitative estimate of drug-likeness (QED) is 0.242. The molecule has 5 atom stereocenters. The highest BCUT2D eigenvalue weighted by Crippen LogP contribution is 2.28. The van der Waals surface area contributed by atoms with Crippen molar-refractivity contribution in [2.75, 3.05) is 34.4 Å². The highest BCUT2D eigenvalue weighted by molar-refractivity contribution is 5.77. The van der Waals surface area contributed by atoms with Crippen molar-refractivity contribution >= 4 is 12.3 Å². The Balaban J connectivity index is 0.000000442. The molecule has 1 saturated heterocycles. The van der Waals surface area contributed by atoms with E-state index < -0.39 is 0 Å². The molecule has 1 aliphatic heterocycles. The minimum Gasteiger partial charge on any atom is -0.379 e. The molecule has 5 unspecified atom stereocenters. The Bertz CT molecular complexity index is 595. The van der Waals surface area contributed by atoms with Crippen LogP contribution in [0.15, 0.2) is 0 Å². The van der Waals surface area contributed by atoms with E-state index in [9.17, 15) is 9.59 Å². The summed E-state index contributed by atoms with van der Waals surface area (Å²) in [5.74, 6) is 1.92. The molecular formula is C30H59N3O4. The van der Waals surface area contributed by atoms with Gasteiger partial charge in [-0.1, -0.05) is 79.1 Å². The molecule has 2 rings (SSSR count). The van der Waals surface area contributed by atoms with Gasteiger partial charge in [-0.15, -0.1) is 0 Å². The van der Waals surface area contributed by atoms with Crippen molar-refractivity contribution in [3.63, 3.8) is 0 Å². The highest BCUT2D eigenvalue weighted by atomic mass is 16.5. The Labute approximate surface area is 228 Å². The maximum atomic E-state index is 13.0. The summed E-state index contributed by atoms with van der Waals surface area (Å²) in [5, 5.41) is 6.09. The first kappa shape index (κ1) is 33.8. The van der Waals surface area contributed by atoms with E-state index in [0.29, 0.717) is 18.3 Å². The van der Waals surface area contributed by atoms with E-state index in [4.69, 9.17) is 9.47 Å². The highest BCUT2D eigenvalue weighted by Gasteiger charge is 2.38. The molecule has 0 spiro atoms. The molecule has 7 heteroatoms. The maximum absolute atomic E-state index is 13.0. The van der Waals surface area contributed by atoms with Gasteiger partial charge in [-0.25, -0.2) is 0 Å². The van der Waals surface area contributed by atoms with Crippen LogP contribution in [-0.4, -0.2) is 75.9 Å². The van der Waals surface area contributed by atoms with Crippen LogP contribution in [0.25, 0.3) is 0 Å². The van der Waals surface area contributed by atoms with Gasteiger partial charge in [0.15, 0.2) is 0 Å². The largest absolute Gasteiger partial charge is 0.379 e. The summed E-state index contributed by atoms with van der Waals surface area (Å²) in [6.45, 7) is 10.4. The van der Waals surface area contributed by atoms with Crippen LogP contribution in [0, 0.1) is 17.8 Å². The van der Waals surface area contributed by atoms with Crippen molar-refractivity contribution in [3.05, 3.63) is 0 Å². The molecule has 2 N–H and O–H groups in total. The summed E-state index contributed by atoms with van der Waals surface area (Å²) < 4.78 is 11.4. The number of likely N-dealkylation sites (N-methyl/N-ethyl adjacent to an activating group) is 1. The molecule has 0 aromatic carbocycles. The van der Waals surface area contributed by atoms with Gasteiger partial charge in [0.2, 0.25) is 12.3 Å². The Kier molecular flexibility index (Phi) is 18.1. The molecule has 218 valence electrons. The van der Waals surface area contributed by atoms with Crippen LogP contribution >= 0.6 is 0 Å². The fourth-order valence-corrected chi connectivity index (χ4v) is 6.23. The number of likely N-dealkylation sites (tertiary alicyclic amines) is 1. The predicted molar refractivity (Wildman–Crippen MR) is 153 cm³/mol. The molecular weight excluding hydrogens is 466 g/mol. The third kappa shape index (κ3) is 12.0. The average molecular weight is 526 g/mol. The van der Waals surface area contributed by atoms with Gasteiger partial charge in [-0.3, -0.25) is 9.59 Å². The standard InChI is InChI=1S/C19H38N2O3.C11H21NO/c1-8-14(4)18(20-5)16(23-6)12-17(22)21-11-9-10-15(21)19(24-7)13(2)3;13-10-12-9-8-11-6-4-2-1-3-5-7-11/h13-16,18-20H,8-12H2,1-7H3;10-11H,1-9H2,(H,12,13). The maximum Gasteiger partial charge on any atom is 0.225 e. The zero-order valence-electron chi connectivity index (χ0n) is 25.1. The number of hydrogen-bond donors (Lipinski definition) is 2. The van der Waals surface area contributed by atoms with Gasteiger partial charge in [0.1, 0.15) is 0 Å². The van der Waals surface area contributed by atoms with E-state index in [0.717, 1.165) is 44.7 Å². The van der Waals surface area contributed by atoms with Crippen LogP contribution in [0.2, 0.25) is 0 Å². The van der Waals surface area contributed by atoms with Crippen LogP contribution in [0.1, 0.15) is 105 Å². The van der Waals surface area contributed by atoms with E-state index in [1.165, 1.54) is 51.4 Å². The second kappa shape index (κ2) is 19.8. The van der Waals surface area contributed by atoms with Crippen molar-refractivity contribution in [2.45, 2.75) is 129 Å². The number of ether oxygens (including phenoxy) is 2. The number of nitrogens with zero attached hydrogens (tertiary/aromatic N) is 1. The zero-order chi connectivity index (χ0) is 27.6. The number of carbonyl (C=O) groups is 2. The molecule has 1 saturated carbocycles. The number of amides is 2. The number of rotatable bonds is 14. The van der Waals surface area contributed by atoms with Crippen molar-refractivity contribution in [2.24, 2.45) is 17.8 Å². The lowest BCUT2D eigenvalue weighted by Crippen LogP contribution is -2.49. The van der Waals surface area contributed by atoms with E-state index in [1.807, 2.05) is 11.9 Å². The van der Waals surface area contributed by atoms with Gasteiger partial charge in [0.05, 0.1) is 24.7 Å². The van der Waals surface area contributed by atoms with Crippen molar-refractivity contribution < 1.29 is 19.1 Å². The summed E-state index contributed by atoms with van der Waals surface area (Å²) >= 11 is 0. The lowest BCUT2D eigenvalue weighted by atomic mass is 9.89. The van der Waals surface area contributed by atoms with E-state index >= 15 is 0 Å². The van der Waals surface area contributed by atoms with Gasteiger partial charge in [0.25, 0.3) is 0 Å². The Morgan fingerprint density at radius 3 is 2.16 bits per heavy atom. The first-order chi connectivity index (χ1) is 17.8. The average Bonchev–Trinajstić information content (AvgIpc) is 3.35. The van der Waals surface area contributed by atoms with Gasteiger partial charge < -0.3 is 25.0 Å². The van der Waals surface area contributed by atoms with Gasteiger partial charge in [0, 0.05) is 33.4 Å². The van der Waals surface area contributed by atoms with E-state index in [-0.39, 0.29) is 30.2 Å². The Morgan fingerprint density at radius 2 is 1.65 bits per heavy atom. The molecule has 7 nitrogen and oxygen atoms in total. The van der Waals surface area contributed by atoms with Crippen LogP contribution < -0.4 is 10.6 Å². The third-order valence-corrected chi connectivity index (χ3v) is 8.60. The molecule has 2 aliphatic rings. The Hall–Kier alpha value is -1.18. The normalized spacial score (nSPS) is 22.3. The summed E-state index contributed by atoms with van der Waals surface area (Å²) in [4.78, 5) is 25.1. The van der Waals surface area contributed by atoms with Gasteiger partial charge in [-0.2, -0.15) is 0 Å². The van der Waals surface area contributed by atoms with Crippen LogP contribution in [-0.2, 0) is 19.1 Å². The minimum absolute atomic E-state index is 0.0984. The lowest BCUT2D eigenvalue weighted by Gasteiger charge is -2.35. The zero-order valence-corrected chi connectivity index (χ0v) is 25.1. The number of carbonyl (C=O) groups excluding carboxylic acids is 2. The van der Waals surface area contributed by atoms with E-state index in [2.05, 4.69) is 38.3 Å². The number of nitrogens with one attached hydrogen (secondary N) is 2. The SMILES string of the molecule is CCC(C)C(NC)C(CC(=O)N1CCCC1C(OC)C(C)C)OC.O=CNCCC1CCCCCCC1. The fraction of sp³-hybridized carbons (Fsp3) is 0.933. The van der Waals surface area contributed by atoms with Gasteiger partial charge in [-0.05, 0) is 44.1 Å². The van der Waals surface area contributed by atoms with Crippen molar-refractivity contribution in [1.29, 1.82) is 0 Å². The molecule has 0 aromatic heterocycles. The summed E-state index contributed by atoms with van der Waals surface area (Å²) in [5.41, 5.74) is 0. The number of hydrogen-bond acceptors (Lipinski definition) is 5. The number of methoxy groups -OCH3 is 2. The molecule has 37 heavy (non-hydrogen) atoms. The summed E-state index contributed by atoms with van der Waals surface area (Å²) in [6, 6.07) is 0.380. The molecule has 0 aromatic rings. The van der Waals surface area contributed by atoms with Crippen molar-refractivity contribution in [1.82, 2.24) is 15.5 Å². The second-order valence-corrected chi connectivity index (χ2v) is 11.5.